The molecule has 0 aromatic carbocycles. The Morgan fingerprint density at radius 2 is 1.95 bits per heavy atom. The van der Waals surface area contributed by atoms with E-state index in [1.165, 1.54) is 0 Å². The molecule has 5 nitrogen and oxygen atoms in total. The van der Waals surface area contributed by atoms with Gasteiger partial charge in [0.15, 0.2) is 15.8 Å². The quantitative estimate of drug-likeness (QED) is 0.406. The Labute approximate surface area is 146 Å². The lowest BCUT2D eigenvalue weighted by atomic mass is 10.1. The zero-order valence-electron chi connectivity index (χ0n) is 13.8. The van der Waals surface area contributed by atoms with E-state index in [1.54, 1.807) is 0 Å². The lowest BCUT2D eigenvalue weighted by Crippen LogP contribution is -2.49. The van der Waals surface area contributed by atoms with Crippen molar-refractivity contribution in [2.45, 2.75) is 46.6 Å². The van der Waals surface area contributed by atoms with Gasteiger partial charge in [-0.2, -0.15) is 0 Å². The molecule has 0 saturated carbocycles. The zero-order valence-corrected chi connectivity index (χ0v) is 16.9. The summed E-state index contributed by atoms with van der Waals surface area (Å²) in [5.74, 6) is 2.10. The molecule has 0 aromatic rings. The summed E-state index contributed by atoms with van der Waals surface area (Å²) in [6, 6.07) is 0. The molecule has 21 heavy (non-hydrogen) atoms. The van der Waals surface area contributed by atoms with Gasteiger partial charge in [0.05, 0.1) is 11.5 Å². The Morgan fingerprint density at radius 3 is 2.38 bits per heavy atom. The largest absolute Gasteiger partial charge is 0.356 e. The zero-order chi connectivity index (χ0) is 15.4. The van der Waals surface area contributed by atoms with Gasteiger partial charge >= 0.3 is 0 Å². The van der Waals surface area contributed by atoms with E-state index in [2.05, 4.69) is 50.2 Å². The molecule has 2 N–H and O–H groups in total. The van der Waals surface area contributed by atoms with Crippen molar-refractivity contribution in [1.82, 2.24) is 10.6 Å². The maximum atomic E-state index is 11.5. The molecule has 7 heteroatoms. The van der Waals surface area contributed by atoms with E-state index in [9.17, 15) is 8.42 Å². The molecule has 1 aliphatic heterocycles. The lowest BCUT2D eigenvalue weighted by molar-refractivity contribution is 0.489. The van der Waals surface area contributed by atoms with Crippen LogP contribution in [0.2, 0.25) is 0 Å². The SMILES string of the molecule is CC(C)CN=C(NCC1CCS(=O)(=O)C1)NC(C)(C)C.I. The van der Waals surface area contributed by atoms with Gasteiger partial charge in [0.2, 0.25) is 0 Å². The van der Waals surface area contributed by atoms with Gasteiger partial charge < -0.3 is 10.6 Å². The number of hydrogen-bond acceptors (Lipinski definition) is 3. The van der Waals surface area contributed by atoms with E-state index in [0.717, 1.165) is 18.9 Å². The summed E-state index contributed by atoms with van der Waals surface area (Å²) in [5.41, 5.74) is -0.0649. The molecule has 1 aliphatic rings. The molecular weight excluding hydrogens is 401 g/mol. The molecular formula is C14H30IN3O2S. The number of sulfone groups is 1. The van der Waals surface area contributed by atoms with Crippen molar-refractivity contribution in [3.05, 3.63) is 0 Å². The summed E-state index contributed by atoms with van der Waals surface area (Å²) in [5, 5.41) is 6.63. The first-order valence-electron chi connectivity index (χ1n) is 7.34. The number of nitrogens with zero attached hydrogens (tertiary/aromatic N) is 1. The van der Waals surface area contributed by atoms with E-state index in [4.69, 9.17) is 0 Å². The summed E-state index contributed by atoms with van der Waals surface area (Å²) in [4.78, 5) is 4.55. The van der Waals surface area contributed by atoms with E-state index in [1.807, 2.05) is 0 Å². The minimum Gasteiger partial charge on any atom is -0.356 e. The highest BCUT2D eigenvalue weighted by Crippen LogP contribution is 2.17. The maximum absolute atomic E-state index is 11.5. The standard InChI is InChI=1S/C14H29N3O2S.HI/c1-11(2)8-15-13(17-14(3,4)5)16-9-12-6-7-20(18,19)10-12;/h11-12H,6-10H2,1-5H3,(H2,15,16,17);1H. The molecule has 1 saturated heterocycles. The third-order valence-corrected chi connectivity index (χ3v) is 4.83. The van der Waals surface area contributed by atoms with Crippen LogP contribution in [0.15, 0.2) is 4.99 Å². The van der Waals surface area contributed by atoms with Gasteiger partial charge in [-0.05, 0) is 39.0 Å². The van der Waals surface area contributed by atoms with Crippen LogP contribution in [0.4, 0.5) is 0 Å². The van der Waals surface area contributed by atoms with Crippen LogP contribution < -0.4 is 10.6 Å². The van der Waals surface area contributed by atoms with Crippen molar-refractivity contribution >= 4 is 39.8 Å². The number of rotatable bonds is 4. The fourth-order valence-corrected chi connectivity index (χ4v) is 3.90. The highest BCUT2D eigenvalue weighted by Gasteiger charge is 2.27. The van der Waals surface area contributed by atoms with Crippen molar-refractivity contribution in [1.29, 1.82) is 0 Å². The van der Waals surface area contributed by atoms with Gasteiger partial charge in [-0.25, -0.2) is 8.42 Å². The average molecular weight is 431 g/mol. The van der Waals surface area contributed by atoms with Crippen LogP contribution in [0, 0.1) is 11.8 Å². The van der Waals surface area contributed by atoms with E-state index >= 15 is 0 Å². The molecule has 1 atom stereocenters. The highest BCUT2D eigenvalue weighted by atomic mass is 127. The fourth-order valence-electron chi connectivity index (χ4n) is 2.04. The molecule has 0 aromatic heterocycles. The maximum Gasteiger partial charge on any atom is 0.191 e. The molecule has 0 bridgehead atoms. The summed E-state index contributed by atoms with van der Waals surface area (Å²) < 4.78 is 22.9. The van der Waals surface area contributed by atoms with E-state index < -0.39 is 9.84 Å². The number of nitrogens with one attached hydrogen (secondary N) is 2. The molecule has 1 fully saturated rings. The van der Waals surface area contributed by atoms with Crippen LogP contribution in [0.25, 0.3) is 0 Å². The fraction of sp³-hybridized carbons (Fsp3) is 0.929. The first-order valence-corrected chi connectivity index (χ1v) is 9.16. The van der Waals surface area contributed by atoms with Gasteiger partial charge in [0.1, 0.15) is 0 Å². The second-order valence-electron chi connectivity index (χ2n) is 7.11. The predicted molar refractivity (Wildman–Crippen MR) is 100 cm³/mol. The molecule has 126 valence electrons. The first-order chi connectivity index (χ1) is 9.07. The smallest absolute Gasteiger partial charge is 0.191 e. The average Bonchev–Trinajstić information content (AvgIpc) is 2.60. The molecule has 0 radical (unpaired) electrons. The van der Waals surface area contributed by atoms with Crippen LogP contribution >= 0.6 is 24.0 Å². The van der Waals surface area contributed by atoms with Crippen LogP contribution in [0.3, 0.4) is 0 Å². The number of hydrogen-bond donors (Lipinski definition) is 2. The van der Waals surface area contributed by atoms with Crippen molar-refractivity contribution in [3.8, 4) is 0 Å². The molecule has 1 rings (SSSR count). The number of guanidine groups is 1. The summed E-state index contributed by atoms with van der Waals surface area (Å²) in [7, 11) is -2.80. The molecule has 0 amide bonds. The summed E-state index contributed by atoms with van der Waals surface area (Å²) in [6.45, 7) is 11.9. The van der Waals surface area contributed by atoms with Gasteiger partial charge in [0, 0.05) is 18.6 Å². The monoisotopic (exact) mass is 431 g/mol. The van der Waals surface area contributed by atoms with Crippen molar-refractivity contribution in [2.24, 2.45) is 16.8 Å². The minimum atomic E-state index is -2.80. The summed E-state index contributed by atoms with van der Waals surface area (Å²) in [6.07, 6.45) is 0.752. The molecule has 0 spiro atoms. The summed E-state index contributed by atoms with van der Waals surface area (Å²) >= 11 is 0. The Balaban J connectivity index is 0.00000400. The minimum absolute atomic E-state index is 0. The lowest BCUT2D eigenvalue weighted by Gasteiger charge is -2.25. The van der Waals surface area contributed by atoms with Crippen LogP contribution in [0.1, 0.15) is 41.0 Å². The van der Waals surface area contributed by atoms with Gasteiger partial charge in [-0.15, -0.1) is 24.0 Å². The van der Waals surface area contributed by atoms with Crippen molar-refractivity contribution in [2.75, 3.05) is 24.6 Å². The number of aliphatic imine (C=N–C) groups is 1. The Morgan fingerprint density at radius 1 is 1.33 bits per heavy atom. The van der Waals surface area contributed by atoms with Crippen LogP contribution in [0.5, 0.6) is 0 Å². The first kappa shape index (κ1) is 20.9. The van der Waals surface area contributed by atoms with Gasteiger partial charge in [-0.1, -0.05) is 13.8 Å². The topological polar surface area (TPSA) is 70.6 Å². The third kappa shape index (κ3) is 9.55. The predicted octanol–water partition coefficient (Wildman–Crippen LogP) is 2.03. The Kier molecular flexibility index (Phi) is 8.53. The molecule has 0 aliphatic carbocycles. The van der Waals surface area contributed by atoms with Crippen molar-refractivity contribution < 1.29 is 8.42 Å². The second kappa shape index (κ2) is 8.55. The van der Waals surface area contributed by atoms with Gasteiger partial charge in [0.25, 0.3) is 0 Å². The second-order valence-corrected chi connectivity index (χ2v) is 9.34. The normalized spacial score (nSPS) is 22.0. The molecule has 1 heterocycles. The van der Waals surface area contributed by atoms with E-state index in [0.29, 0.717) is 24.0 Å². The Hall–Kier alpha value is -0.0500. The van der Waals surface area contributed by atoms with Crippen LogP contribution in [-0.4, -0.2) is 44.5 Å². The van der Waals surface area contributed by atoms with Gasteiger partial charge in [-0.3, -0.25) is 4.99 Å². The highest BCUT2D eigenvalue weighted by molar-refractivity contribution is 14.0. The third-order valence-electron chi connectivity index (χ3n) is 2.99. The van der Waals surface area contributed by atoms with Crippen LogP contribution in [-0.2, 0) is 9.84 Å². The molecule has 1 unspecified atom stereocenters. The Bertz CT molecular complexity index is 442. The van der Waals surface area contributed by atoms with Crippen molar-refractivity contribution in [3.63, 3.8) is 0 Å². The number of halogens is 1. The van der Waals surface area contributed by atoms with E-state index in [-0.39, 0.29) is 35.4 Å².